The number of nitrogens with one attached hydrogen (secondary N) is 1. The van der Waals surface area contributed by atoms with Crippen LogP contribution in [0.2, 0.25) is 0 Å². The Morgan fingerprint density at radius 3 is 2.61 bits per heavy atom. The maximum atomic E-state index is 12.4. The summed E-state index contributed by atoms with van der Waals surface area (Å²) in [4.78, 5) is 18.1. The molecule has 0 aliphatic carbocycles. The van der Waals surface area contributed by atoms with E-state index in [1.165, 1.54) is 5.56 Å². The van der Waals surface area contributed by atoms with Crippen LogP contribution < -0.4 is 10.1 Å². The predicted molar refractivity (Wildman–Crippen MR) is 91.7 cm³/mol. The van der Waals surface area contributed by atoms with Crippen molar-refractivity contribution >= 4 is 11.7 Å². The van der Waals surface area contributed by atoms with Gasteiger partial charge in [0.05, 0.1) is 6.10 Å². The first-order valence-corrected chi connectivity index (χ1v) is 7.65. The van der Waals surface area contributed by atoms with E-state index in [0.29, 0.717) is 18.1 Å². The molecule has 5 nitrogen and oxygen atoms in total. The minimum absolute atomic E-state index is 0.00848. The van der Waals surface area contributed by atoms with Gasteiger partial charge in [0.25, 0.3) is 0 Å². The number of carbonyl (C=O) groups is 1. The zero-order valence-corrected chi connectivity index (χ0v) is 14.0. The first-order chi connectivity index (χ1) is 11.0. The smallest absolute Gasteiger partial charge is 0.322 e. The number of aryl methyl sites for hydroxylation is 1. The van der Waals surface area contributed by atoms with Crippen LogP contribution in [0.25, 0.3) is 0 Å². The molecule has 2 aromatic rings. The summed E-state index contributed by atoms with van der Waals surface area (Å²) in [5, 5.41) is 2.85. The van der Waals surface area contributed by atoms with E-state index < -0.39 is 0 Å². The number of rotatable bonds is 5. The van der Waals surface area contributed by atoms with Crippen molar-refractivity contribution in [1.29, 1.82) is 0 Å². The van der Waals surface area contributed by atoms with E-state index in [2.05, 4.69) is 10.3 Å². The van der Waals surface area contributed by atoms with Gasteiger partial charge in [-0.05, 0) is 38.5 Å². The maximum absolute atomic E-state index is 12.4. The Hall–Kier alpha value is -2.56. The zero-order chi connectivity index (χ0) is 16.8. The number of pyridine rings is 1. The predicted octanol–water partition coefficient (Wildman–Crippen LogP) is 3.84. The quantitative estimate of drug-likeness (QED) is 0.912. The van der Waals surface area contributed by atoms with Crippen molar-refractivity contribution in [1.82, 2.24) is 9.88 Å². The standard InChI is InChI=1S/C18H23N3O2/c1-13(2)23-17-16(6-5-11-19-17)20-18(22)21(4)12-15-9-7-14(3)8-10-15/h5-11,13H,12H2,1-4H3,(H,20,22). The fourth-order valence-electron chi connectivity index (χ4n) is 2.05. The minimum Gasteiger partial charge on any atom is -0.473 e. The van der Waals surface area contributed by atoms with Gasteiger partial charge in [-0.15, -0.1) is 0 Å². The average molecular weight is 313 g/mol. The van der Waals surface area contributed by atoms with Crippen molar-refractivity contribution in [2.24, 2.45) is 0 Å². The highest BCUT2D eigenvalue weighted by atomic mass is 16.5. The largest absolute Gasteiger partial charge is 0.473 e. The van der Waals surface area contributed by atoms with Gasteiger partial charge in [-0.3, -0.25) is 0 Å². The van der Waals surface area contributed by atoms with E-state index in [9.17, 15) is 4.79 Å². The van der Waals surface area contributed by atoms with Crippen molar-refractivity contribution in [2.75, 3.05) is 12.4 Å². The number of ether oxygens (including phenoxy) is 1. The summed E-state index contributed by atoms with van der Waals surface area (Å²) in [6.45, 7) is 6.42. The van der Waals surface area contributed by atoms with E-state index in [1.54, 1.807) is 30.3 Å². The number of carbonyl (C=O) groups excluding carboxylic acids is 1. The molecule has 0 bridgehead atoms. The molecule has 1 aromatic carbocycles. The van der Waals surface area contributed by atoms with Gasteiger partial charge in [0.1, 0.15) is 5.69 Å². The number of anilines is 1. The van der Waals surface area contributed by atoms with Gasteiger partial charge in [0, 0.05) is 19.8 Å². The molecule has 0 aliphatic rings. The Morgan fingerprint density at radius 1 is 1.26 bits per heavy atom. The number of hydrogen-bond donors (Lipinski definition) is 1. The second-order valence-electron chi connectivity index (χ2n) is 5.79. The number of benzene rings is 1. The Balaban J connectivity index is 2.02. The molecule has 1 aromatic heterocycles. The van der Waals surface area contributed by atoms with Crippen LogP contribution in [0.5, 0.6) is 5.88 Å². The summed E-state index contributed by atoms with van der Waals surface area (Å²) in [6.07, 6.45) is 1.63. The maximum Gasteiger partial charge on any atom is 0.322 e. The summed E-state index contributed by atoms with van der Waals surface area (Å²) in [7, 11) is 1.76. The first-order valence-electron chi connectivity index (χ1n) is 7.65. The second kappa shape index (κ2) is 7.63. The first kappa shape index (κ1) is 16.8. The van der Waals surface area contributed by atoms with Crippen LogP contribution >= 0.6 is 0 Å². The molecule has 0 spiro atoms. The Morgan fingerprint density at radius 2 is 1.96 bits per heavy atom. The molecule has 1 heterocycles. The molecule has 0 unspecified atom stereocenters. The molecule has 1 N–H and O–H groups in total. The fraction of sp³-hybridized carbons (Fsp3) is 0.333. The third-order valence-electron chi connectivity index (χ3n) is 3.25. The summed E-state index contributed by atoms with van der Waals surface area (Å²) in [6, 6.07) is 11.5. The highest BCUT2D eigenvalue weighted by Gasteiger charge is 2.13. The van der Waals surface area contributed by atoms with Crippen molar-refractivity contribution in [2.45, 2.75) is 33.4 Å². The Bertz CT molecular complexity index is 654. The van der Waals surface area contributed by atoms with Crippen LogP contribution in [0, 0.1) is 6.92 Å². The third-order valence-corrected chi connectivity index (χ3v) is 3.25. The molecule has 2 rings (SSSR count). The van der Waals surface area contributed by atoms with Gasteiger partial charge in [-0.25, -0.2) is 9.78 Å². The van der Waals surface area contributed by atoms with Crippen LogP contribution in [0.15, 0.2) is 42.6 Å². The topological polar surface area (TPSA) is 54.5 Å². The normalized spacial score (nSPS) is 10.5. The molecular weight excluding hydrogens is 290 g/mol. The minimum atomic E-state index is -0.202. The SMILES string of the molecule is Cc1ccc(CN(C)C(=O)Nc2cccnc2OC(C)C)cc1. The van der Waals surface area contributed by atoms with Crippen molar-refractivity contribution in [3.8, 4) is 5.88 Å². The lowest BCUT2D eigenvalue weighted by molar-refractivity contribution is 0.219. The van der Waals surface area contributed by atoms with Gasteiger partial charge in [-0.2, -0.15) is 0 Å². The van der Waals surface area contributed by atoms with E-state index in [1.807, 2.05) is 45.0 Å². The van der Waals surface area contributed by atoms with Gasteiger partial charge >= 0.3 is 6.03 Å². The lowest BCUT2D eigenvalue weighted by atomic mass is 10.1. The number of nitrogens with zero attached hydrogens (tertiary/aromatic N) is 2. The van der Waals surface area contributed by atoms with Crippen LogP contribution in [0.3, 0.4) is 0 Å². The molecule has 0 atom stereocenters. The lowest BCUT2D eigenvalue weighted by Crippen LogP contribution is -2.31. The lowest BCUT2D eigenvalue weighted by Gasteiger charge is -2.19. The highest BCUT2D eigenvalue weighted by Crippen LogP contribution is 2.22. The van der Waals surface area contributed by atoms with Crippen molar-refractivity contribution in [3.05, 3.63) is 53.7 Å². The van der Waals surface area contributed by atoms with E-state index in [-0.39, 0.29) is 12.1 Å². The van der Waals surface area contributed by atoms with E-state index in [4.69, 9.17) is 4.74 Å². The monoisotopic (exact) mass is 313 g/mol. The molecule has 2 amide bonds. The van der Waals surface area contributed by atoms with Gasteiger partial charge in [0.15, 0.2) is 0 Å². The molecular formula is C18H23N3O2. The average Bonchev–Trinajstić information content (AvgIpc) is 2.51. The van der Waals surface area contributed by atoms with Crippen molar-refractivity contribution in [3.63, 3.8) is 0 Å². The molecule has 122 valence electrons. The Kier molecular flexibility index (Phi) is 5.57. The third kappa shape index (κ3) is 4.98. The highest BCUT2D eigenvalue weighted by molar-refractivity contribution is 5.90. The molecule has 0 saturated heterocycles. The van der Waals surface area contributed by atoms with Gasteiger partial charge in [0.2, 0.25) is 5.88 Å². The van der Waals surface area contributed by atoms with Crippen LogP contribution in [0.4, 0.5) is 10.5 Å². The molecule has 0 saturated carbocycles. The zero-order valence-electron chi connectivity index (χ0n) is 14.0. The van der Waals surface area contributed by atoms with Crippen LogP contribution in [-0.2, 0) is 6.54 Å². The number of amides is 2. The number of aromatic nitrogens is 1. The summed E-state index contributed by atoms with van der Waals surface area (Å²) < 4.78 is 5.61. The van der Waals surface area contributed by atoms with E-state index >= 15 is 0 Å². The van der Waals surface area contributed by atoms with E-state index in [0.717, 1.165) is 5.56 Å². The molecule has 23 heavy (non-hydrogen) atoms. The molecule has 5 heteroatoms. The Labute approximate surface area is 137 Å². The number of urea groups is 1. The number of hydrogen-bond acceptors (Lipinski definition) is 3. The van der Waals surface area contributed by atoms with Crippen molar-refractivity contribution < 1.29 is 9.53 Å². The van der Waals surface area contributed by atoms with Crippen LogP contribution in [0.1, 0.15) is 25.0 Å². The van der Waals surface area contributed by atoms with Gasteiger partial charge in [-0.1, -0.05) is 29.8 Å². The summed E-state index contributed by atoms with van der Waals surface area (Å²) in [5.41, 5.74) is 2.85. The summed E-state index contributed by atoms with van der Waals surface area (Å²) >= 11 is 0. The van der Waals surface area contributed by atoms with Crippen LogP contribution in [-0.4, -0.2) is 29.1 Å². The molecule has 0 aliphatic heterocycles. The fourth-order valence-corrected chi connectivity index (χ4v) is 2.05. The molecule has 0 radical (unpaired) electrons. The van der Waals surface area contributed by atoms with Gasteiger partial charge < -0.3 is 15.0 Å². The second-order valence-corrected chi connectivity index (χ2v) is 5.79. The summed E-state index contributed by atoms with van der Waals surface area (Å²) in [5.74, 6) is 0.430. The molecule has 0 fully saturated rings.